The normalized spacial score (nSPS) is 14.6. The lowest BCUT2D eigenvalue weighted by Gasteiger charge is -2.45. The largest absolute Gasteiger partial charge is 0.330 e. The molecule has 5 N–H and O–H groups in total. The minimum Gasteiger partial charge on any atom is -0.330 e. The number of carbonyl (C=O) groups is 4. The SMILES string of the molecule is CCC(NCCCNCCCCNCCCN)(N1C(=O)c2ccc3ccccc3c2C1=O)N1C(=O)c2ccc3ccccc3c2C1=O. The lowest BCUT2D eigenvalue weighted by atomic mass is 10.0. The Morgan fingerprint density at radius 3 is 1.53 bits per heavy atom. The van der Waals surface area contributed by atoms with E-state index in [1.54, 1.807) is 19.1 Å². The third-order valence-electron chi connectivity index (χ3n) is 9.25. The van der Waals surface area contributed by atoms with E-state index in [4.69, 9.17) is 5.73 Å². The van der Waals surface area contributed by atoms with Gasteiger partial charge in [0.05, 0.1) is 22.3 Å². The van der Waals surface area contributed by atoms with Crippen molar-refractivity contribution in [2.75, 3.05) is 39.3 Å². The Labute approximate surface area is 274 Å². The molecule has 2 heterocycles. The number of unbranched alkanes of at least 4 members (excludes halogenated alkanes) is 1. The van der Waals surface area contributed by atoms with Crippen LogP contribution in [0.4, 0.5) is 0 Å². The number of nitrogens with one attached hydrogen (secondary N) is 3. The zero-order valence-electron chi connectivity index (χ0n) is 26.8. The van der Waals surface area contributed by atoms with Crippen molar-refractivity contribution in [1.82, 2.24) is 25.8 Å². The van der Waals surface area contributed by atoms with E-state index in [9.17, 15) is 19.2 Å². The van der Waals surface area contributed by atoms with E-state index in [0.29, 0.717) is 36.8 Å². The Morgan fingerprint density at radius 1 is 0.574 bits per heavy atom. The number of fused-ring (bicyclic) bond motifs is 6. The Kier molecular flexibility index (Phi) is 9.74. The molecule has 4 amide bonds. The van der Waals surface area contributed by atoms with Crippen molar-refractivity contribution in [2.45, 2.75) is 44.8 Å². The van der Waals surface area contributed by atoms with Gasteiger partial charge in [-0.15, -0.1) is 0 Å². The average Bonchev–Trinajstić information content (AvgIpc) is 3.52. The molecule has 0 fully saturated rings. The number of nitrogens with zero attached hydrogens (tertiary/aromatic N) is 2. The number of nitrogens with two attached hydrogens (primary N) is 1. The van der Waals surface area contributed by atoms with Crippen LogP contribution < -0.4 is 21.7 Å². The molecule has 0 radical (unpaired) electrons. The molecule has 244 valence electrons. The van der Waals surface area contributed by atoms with Crippen LogP contribution in [0.3, 0.4) is 0 Å². The fourth-order valence-corrected chi connectivity index (χ4v) is 6.86. The third-order valence-corrected chi connectivity index (χ3v) is 9.25. The summed E-state index contributed by atoms with van der Waals surface area (Å²) in [6, 6.07) is 21.8. The van der Waals surface area contributed by atoms with E-state index in [0.717, 1.165) is 59.5 Å². The molecule has 0 aliphatic carbocycles. The molecule has 2 aliphatic rings. The van der Waals surface area contributed by atoms with Gasteiger partial charge in [0.15, 0.2) is 5.79 Å². The highest BCUT2D eigenvalue weighted by Gasteiger charge is 2.58. The van der Waals surface area contributed by atoms with Gasteiger partial charge >= 0.3 is 0 Å². The summed E-state index contributed by atoms with van der Waals surface area (Å²) in [5.41, 5.74) is 6.63. The van der Waals surface area contributed by atoms with Crippen molar-refractivity contribution < 1.29 is 19.2 Å². The molecular formula is C37H42N6O4. The second-order valence-electron chi connectivity index (χ2n) is 12.1. The van der Waals surface area contributed by atoms with Crippen molar-refractivity contribution in [3.8, 4) is 0 Å². The number of amides is 4. The molecule has 0 saturated carbocycles. The number of imide groups is 2. The lowest BCUT2D eigenvalue weighted by molar-refractivity contribution is -0.0272. The van der Waals surface area contributed by atoms with Crippen LogP contribution in [-0.2, 0) is 0 Å². The first-order valence-electron chi connectivity index (χ1n) is 16.6. The van der Waals surface area contributed by atoms with Crippen LogP contribution in [0.5, 0.6) is 0 Å². The Bertz CT molecular complexity index is 1720. The molecule has 4 aromatic rings. The first kappa shape index (κ1) is 32.5. The van der Waals surface area contributed by atoms with Gasteiger partial charge in [0, 0.05) is 13.0 Å². The zero-order valence-corrected chi connectivity index (χ0v) is 26.8. The fourth-order valence-electron chi connectivity index (χ4n) is 6.86. The number of hydrogen-bond acceptors (Lipinski definition) is 8. The maximum atomic E-state index is 14.4. The minimum atomic E-state index is -1.72. The average molecular weight is 635 g/mol. The van der Waals surface area contributed by atoms with Gasteiger partial charge in [0.2, 0.25) is 0 Å². The molecule has 0 aromatic heterocycles. The van der Waals surface area contributed by atoms with Gasteiger partial charge < -0.3 is 16.4 Å². The van der Waals surface area contributed by atoms with Gasteiger partial charge in [-0.1, -0.05) is 67.6 Å². The molecule has 0 spiro atoms. The molecule has 6 rings (SSSR count). The summed E-state index contributed by atoms with van der Waals surface area (Å²) in [6.07, 6.45) is 3.80. The number of carbonyl (C=O) groups excluding carboxylic acids is 4. The van der Waals surface area contributed by atoms with Gasteiger partial charge in [0.25, 0.3) is 23.6 Å². The lowest BCUT2D eigenvalue weighted by Crippen LogP contribution is -2.71. The Morgan fingerprint density at radius 2 is 1.04 bits per heavy atom. The van der Waals surface area contributed by atoms with E-state index in [-0.39, 0.29) is 28.7 Å². The monoisotopic (exact) mass is 634 g/mol. The number of benzene rings is 4. The standard InChI is InChI=1S/C37H42N6O4/c1-2-37(41-24-10-23-40-21-8-7-20-39-22-9-19-38,42-33(44)29-17-15-25-11-3-5-13-27(25)31(29)35(42)46)43-34(45)30-18-16-26-12-4-6-14-28(26)32(30)36(43)47/h3-6,11-18,39-41H,2,7-10,19-24,38H2,1H3. The van der Waals surface area contributed by atoms with Crippen molar-refractivity contribution in [1.29, 1.82) is 0 Å². The quantitative estimate of drug-likeness (QED) is 0.106. The number of rotatable bonds is 16. The predicted octanol–water partition coefficient (Wildman–Crippen LogP) is 4.24. The Balaban J connectivity index is 1.27. The summed E-state index contributed by atoms with van der Waals surface area (Å²) < 4.78 is 0. The minimum absolute atomic E-state index is 0.102. The zero-order chi connectivity index (χ0) is 33.0. The Hall–Kier alpha value is -4.48. The molecule has 10 heteroatoms. The maximum absolute atomic E-state index is 14.4. The topological polar surface area (TPSA) is 137 Å². The van der Waals surface area contributed by atoms with Crippen LogP contribution in [0, 0.1) is 0 Å². The van der Waals surface area contributed by atoms with Crippen LogP contribution >= 0.6 is 0 Å². The second-order valence-corrected chi connectivity index (χ2v) is 12.1. The predicted molar refractivity (Wildman–Crippen MR) is 183 cm³/mol. The molecular weight excluding hydrogens is 592 g/mol. The molecule has 0 saturated heterocycles. The van der Waals surface area contributed by atoms with Crippen LogP contribution in [0.15, 0.2) is 72.8 Å². The second kappa shape index (κ2) is 14.1. The fraction of sp³-hybridized carbons (Fsp3) is 0.351. The summed E-state index contributed by atoms with van der Waals surface area (Å²) in [5, 5.41) is 13.2. The van der Waals surface area contributed by atoms with E-state index in [1.165, 1.54) is 0 Å². The molecule has 0 bridgehead atoms. The highest BCUT2D eigenvalue weighted by molar-refractivity contribution is 6.29. The highest BCUT2D eigenvalue weighted by atomic mass is 16.2. The molecule has 4 aromatic carbocycles. The van der Waals surface area contributed by atoms with Crippen molar-refractivity contribution >= 4 is 45.2 Å². The summed E-state index contributed by atoms with van der Waals surface area (Å²) in [4.78, 5) is 59.5. The molecule has 10 nitrogen and oxygen atoms in total. The van der Waals surface area contributed by atoms with E-state index in [1.807, 2.05) is 60.7 Å². The van der Waals surface area contributed by atoms with Crippen molar-refractivity contribution in [3.05, 3.63) is 95.1 Å². The van der Waals surface area contributed by atoms with Crippen LogP contribution in [-0.4, -0.2) is 78.5 Å². The third kappa shape index (κ3) is 5.82. The van der Waals surface area contributed by atoms with E-state index >= 15 is 0 Å². The van der Waals surface area contributed by atoms with Crippen LogP contribution in [0.1, 0.15) is 80.5 Å². The smallest absolute Gasteiger partial charge is 0.265 e. The first-order valence-corrected chi connectivity index (χ1v) is 16.6. The molecule has 0 atom stereocenters. The highest BCUT2D eigenvalue weighted by Crippen LogP contribution is 2.40. The van der Waals surface area contributed by atoms with Crippen LogP contribution in [0.2, 0.25) is 0 Å². The summed E-state index contributed by atoms with van der Waals surface area (Å²) in [5.74, 6) is -3.86. The van der Waals surface area contributed by atoms with Gasteiger partial charge in [-0.3, -0.25) is 24.5 Å². The van der Waals surface area contributed by atoms with E-state index < -0.39 is 29.4 Å². The van der Waals surface area contributed by atoms with Gasteiger partial charge in [-0.25, -0.2) is 9.80 Å². The molecule has 0 unspecified atom stereocenters. The van der Waals surface area contributed by atoms with Gasteiger partial charge in [-0.2, -0.15) is 0 Å². The van der Waals surface area contributed by atoms with Gasteiger partial charge in [0.1, 0.15) is 0 Å². The molecule has 47 heavy (non-hydrogen) atoms. The van der Waals surface area contributed by atoms with Gasteiger partial charge in [-0.05, 0) is 92.1 Å². The van der Waals surface area contributed by atoms with Crippen molar-refractivity contribution in [3.63, 3.8) is 0 Å². The number of hydrogen-bond donors (Lipinski definition) is 4. The molecule has 2 aliphatic heterocycles. The summed E-state index contributed by atoms with van der Waals surface area (Å²) >= 11 is 0. The van der Waals surface area contributed by atoms with E-state index in [2.05, 4.69) is 16.0 Å². The van der Waals surface area contributed by atoms with Crippen LogP contribution in [0.25, 0.3) is 21.5 Å². The van der Waals surface area contributed by atoms with Crippen molar-refractivity contribution in [2.24, 2.45) is 5.73 Å². The first-order chi connectivity index (χ1) is 22.9. The summed E-state index contributed by atoms with van der Waals surface area (Å²) in [7, 11) is 0. The maximum Gasteiger partial charge on any atom is 0.265 e. The summed E-state index contributed by atoms with van der Waals surface area (Å²) in [6.45, 7) is 6.26.